The standard InChI is InChI=1S/C14H19BrN2O3.ClH/c1-10(20-12-4-2-3-11(15)7-12)8-17-14(18)13-9-16-5-6-19-13;/h2-4,7,10,13,16H,5-6,8-9H2,1H3,(H,17,18);1H. The van der Waals surface area contributed by atoms with E-state index >= 15 is 0 Å². The Morgan fingerprint density at radius 1 is 1.62 bits per heavy atom. The molecule has 0 aliphatic carbocycles. The Bertz CT molecular complexity index is 456. The van der Waals surface area contributed by atoms with Gasteiger partial charge in [0, 0.05) is 17.6 Å². The maximum atomic E-state index is 11.9. The zero-order valence-electron chi connectivity index (χ0n) is 11.8. The van der Waals surface area contributed by atoms with Gasteiger partial charge in [-0.15, -0.1) is 12.4 Å². The van der Waals surface area contributed by atoms with E-state index in [1.54, 1.807) is 0 Å². The summed E-state index contributed by atoms with van der Waals surface area (Å²) in [7, 11) is 0. The molecule has 1 aromatic carbocycles. The summed E-state index contributed by atoms with van der Waals surface area (Å²) in [6.07, 6.45) is -0.508. The SMILES string of the molecule is CC(CNC(=O)C1CNCCO1)Oc1cccc(Br)c1.Cl. The molecule has 1 heterocycles. The monoisotopic (exact) mass is 378 g/mol. The fourth-order valence-electron chi connectivity index (χ4n) is 1.91. The van der Waals surface area contributed by atoms with Gasteiger partial charge in [0.05, 0.1) is 13.2 Å². The molecule has 118 valence electrons. The normalized spacial score (nSPS) is 19.2. The predicted molar refractivity (Wildman–Crippen MR) is 87.1 cm³/mol. The molecule has 1 aliphatic heterocycles. The van der Waals surface area contributed by atoms with Gasteiger partial charge in [-0.2, -0.15) is 0 Å². The zero-order chi connectivity index (χ0) is 14.4. The van der Waals surface area contributed by atoms with Gasteiger partial charge in [0.1, 0.15) is 18.0 Å². The topological polar surface area (TPSA) is 59.6 Å². The van der Waals surface area contributed by atoms with E-state index in [1.807, 2.05) is 31.2 Å². The molecule has 0 bridgehead atoms. The summed E-state index contributed by atoms with van der Waals surface area (Å²) in [5.74, 6) is 0.679. The van der Waals surface area contributed by atoms with Gasteiger partial charge in [-0.05, 0) is 25.1 Å². The second-order valence-electron chi connectivity index (χ2n) is 4.69. The Hall–Kier alpha value is -0.820. The number of hydrogen-bond acceptors (Lipinski definition) is 4. The van der Waals surface area contributed by atoms with Crippen LogP contribution in [-0.4, -0.2) is 44.4 Å². The van der Waals surface area contributed by atoms with Gasteiger partial charge >= 0.3 is 0 Å². The summed E-state index contributed by atoms with van der Waals surface area (Å²) in [6, 6.07) is 7.63. The minimum absolute atomic E-state index is 0. The van der Waals surface area contributed by atoms with Crippen LogP contribution in [0.1, 0.15) is 6.92 Å². The molecule has 1 aromatic rings. The van der Waals surface area contributed by atoms with Crippen molar-refractivity contribution in [3.8, 4) is 5.75 Å². The third-order valence-corrected chi connectivity index (χ3v) is 3.41. The van der Waals surface area contributed by atoms with E-state index in [1.165, 1.54) is 0 Å². The number of halogens is 2. The second kappa shape index (κ2) is 9.25. The number of amides is 1. The van der Waals surface area contributed by atoms with Crippen LogP contribution < -0.4 is 15.4 Å². The van der Waals surface area contributed by atoms with Crippen molar-refractivity contribution in [1.82, 2.24) is 10.6 Å². The molecule has 7 heteroatoms. The van der Waals surface area contributed by atoms with E-state index < -0.39 is 6.10 Å². The van der Waals surface area contributed by atoms with Crippen LogP contribution in [0.25, 0.3) is 0 Å². The van der Waals surface area contributed by atoms with Crippen molar-refractivity contribution in [3.63, 3.8) is 0 Å². The van der Waals surface area contributed by atoms with Crippen LogP contribution in [0.5, 0.6) is 5.75 Å². The molecule has 0 saturated carbocycles. The molecule has 21 heavy (non-hydrogen) atoms. The molecule has 0 radical (unpaired) electrons. The predicted octanol–water partition coefficient (Wildman–Crippen LogP) is 1.74. The Kier molecular flexibility index (Phi) is 8.03. The third kappa shape index (κ3) is 6.22. The van der Waals surface area contributed by atoms with E-state index in [0.29, 0.717) is 19.7 Å². The highest BCUT2D eigenvalue weighted by molar-refractivity contribution is 9.10. The summed E-state index contributed by atoms with van der Waals surface area (Å²) in [5, 5.41) is 5.97. The summed E-state index contributed by atoms with van der Waals surface area (Å²) in [6.45, 7) is 4.30. The van der Waals surface area contributed by atoms with Crippen molar-refractivity contribution < 1.29 is 14.3 Å². The Morgan fingerprint density at radius 3 is 3.10 bits per heavy atom. The maximum Gasteiger partial charge on any atom is 0.250 e. The number of rotatable bonds is 5. The van der Waals surface area contributed by atoms with E-state index in [4.69, 9.17) is 9.47 Å². The number of ether oxygens (including phenoxy) is 2. The fraction of sp³-hybridized carbons (Fsp3) is 0.500. The third-order valence-electron chi connectivity index (χ3n) is 2.92. The van der Waals surface area contributed by atoms with E-state index in [2.05, 4.69) is 26.6 Å². The van der Waals surface area contributed by atoms with E-state index in [-0.39, 0.29) is 24.4 Å². The van der Waals surface area contributed by atoms with Crippen LogP contribution in [0.4, 0.5) is 0 Å². The number of benzene rings is 1. The zero-order valence-corrected chi connectivity index (χ0v) is 14.2. The minimum Gasteiger partial charge on any atom is -0.489 e. The van der Waals surface area contributed by atoms with Crippen molar-refractivity contribution in [2.45, 2.75) is 19.1 Å². The van der Waals surface area contributed by atoms with Gasteiger partial charge in [-0.3, -0.25) is 4.79 Å². The maximum absolute atomic E-state index is 11.9. The van der Waals surface area contributed by atoms with Crippen molar-refractivity contribution in [2.24, 2.45) is 0 Å². The van der Waals surface area contributed by atoms with Crippen molar-refractivity contribution in [2.75, 3.05) is 26.2 Å². The molecule has 2 rings (SSSR count). The summed E-state index contributed by atoms with van der Waals surface area (Å²) in [5.41, 5.74) is 0. The van der Waals surface area contributed by atoms with Crippen LogP contribution in [0.2, 0.25) is 0 Å². The van der Waals surface area contributed by atoms with Gasteiger partial charge in [0.15, 0.2) is 0 Å². The molecule has 1 aliphatic rings. The summed E-state index contributed by atoms with van der Waals surface area (Å²) >= 11 is 3.39. The lowest BCUT2D eigenvalue weighted by molar-refractivity contribution is -0.134. The first-order chi connectivity index (χ1) is 9.65. The van der Waals surface area contributed by atoms with Crippen LogP contribution in [0, 0.1) is 0 Å². The molecular formula is C14H20BrClN2O3. The first kappa shape index (κ1) is 18.2. The number of morpholine rings is 1. The second-order valence-corrected chi connectivity index (χ2v) is 5.61. The van der Waals surface area contributed by atoms with Crippen molar-refractivity contribution >= 4 is 34.2 Å². The first-order valence-electron chi connectivity index (χ1n) is 6.67. The average Bonchev–Trinajstić information content (AvgIpc) is 2.46. The van der Waals surface area contributed by atoms with Gasteiger partial charge in [0.2, 0.25) is 0 Å². The molecule has 1 saturated heterocycles. The lowest BCUT2D eigenvalue weighted by atomic mass is 10.2. The van der Waals surface area contributed by atoms with E-state index in [0.717, 1.165) is 16.8 Å². The van der Waals surface area contributed by atoms with Crippen LogP contribution in [0.15, 0.2) is 28.7 Å². The quantitative estimate of drug-likeness (QED) is 0.818. The van der Waals surface area contributed by atoms with Gasteiger partial charge < -0.3 is 20.1 Å². The number of hydrogen-bond donors (Lipinski definition) is 2. The average molecular weight is 380 g/mol. The Balaban J connectivity index is 0.00000220. The Labute approximate surface area is 139 Å². The molecule has 1 amide bonds. The van der Waals surface area contributed by atoms with Crippen LogP contribution in [-0.2, 0) is 9.53 Å². The molecule has 5 nitrogen and oxygen atoms in total. The summed E-state index contributed by atoms with van der Waals surface area (Å²) in [4.78, 5) is 11.9. The highest BCUT2D eigenvalue weighted by Crippen LogP contribution is 2.18. The molecule has 0 aromatic heterocycles. The number of carbonyl (C=O) groups is 1. The number of nitrogens with one attached hydrogen (secondary N) is 2. The minimum atomic E-state index is -0.401. The molecule has 2 N–H and O–H groups in total. The van der Waals surface area contributed by atoms with Crippen molar-refractivity contribution in [3.05, 3.63) is 28.7 Å². The molecule has 2 unspecified atom stereocenters. The largest absolute Gasteiger partial charge is 0.489 e. The molecular weight excluding hydrogens is 360 g/mol. The Morgan fingerprint density at radius 2 is 2.43 bits per heavy atom. The van der Waals surface area contributed by atoms with Crippen LogP contribution in [0.3, 0.4) is 0 Å². The smallest absolute Gasteiger partial charge is 0.250 e. The summed E-state index contributed by atoms with van der Waals surface area (Å²) < 4.78 is 12.1. The molecule has 2 atom stereocenters. The first-order valence-corrected chi connectivity index (χ1v) is 7.46. The molecule has 1 fully saturated rings. The lowest BCUT2D eigenvalue weighted by Crippen LogP contribution is -2.49. The fourth-order valence-corrected chi connectivity index (χ4v) is 2.28. The molecule has 0 spiro atoms. The van der Waals surface area contributed by atoms with E-state index in [9.17, 15) is 4.79 Å². The highest BCUT2D eigenvalue weighted by atomic mass is 79.9. The van der Waals surface area contributed by atoms with Crippen molar-refractivity contribution in [1.29, 1.82) is 0 Å². The van der Waals surface area contributed by atoms with Gasteiger partial charge in [-0.1, -0.05) is 22.0 Å². The number of carbonyl (C=O) groups excluding carboxylic acids is 1. The van der Waals surface area contributed by atoms with Crippen LogP contribution >= 0.6 is 28.3 Å². The highest BCUT2D eigenvalue weighted by Gasteiger charge is 2.21. The lowest BCUT2D eigenvalue weighted by Gasteiger charge is -2.23. The van der Waals surface area contributed by atoms with Gasteiger partial charge in [-0.25, -0.2) is 0 Å². The van der Waals surface area contributed by atoms with Gasteiger partial charge in [0.25, 0.3) is 5.91 Å².